The van der Waals surface area contributed by atoms with Crippen LogP contribution < -0.4 is 10.9 Å². The summed E-state index contributed by atoms with van der Waals surface area (Å²) in [5, 5.41) is 15.2. The van der Waals surface area contributed by atoms with E-state index in [1.54, 1.807) is 24.5 Å². The molecule has 2 aromatic heterocycles. The van der Waals surface area contributed by atoms with Gasteiger partial charge in [-0.3, -0.25) is 9.59 Å². The fraction of sp³-hybridized carbons (Fsp3) is 0.500. The number of esters is 1. The highest BCUT2D eigenvalue weighted by atomic mass is 19.1. The van der Waals surface area contributed by atoms with Gasteiger partial charge in [-0.2, -0.15) is 0 Å². The lowest BCUT2D eigenvalue weighted by Crippen LogP contribution is -2.44. The van der Waals surface area contributed by atoms with Gasteiger partial charge in [-0.15, -0.1) is 0 Å². The van der Waals surface area contributed by atoms with Crippen LogP contribution in [0.15, 0.2) is 16.9 Å². The van der Waals surface area contributed by atoms with E-state index in [4.69, 9.17) is 14.5 Å². The van der Waals surface area contributed by atoms with Crippen LogP contribution in [0.2, 0.25) is 0 Å². The van der Waals surface area contributed by atoms with Crippen LogP contribution in [-0.4, -0.2) is 38.2 Å². The fourth-order valence-corrected chi connectivity index (χ4v) is 7.01. The molecule has 1 amide bonds. The minimum absolute atomic E-state index is 0.0316. The second kappa shape index (κ2) is 9.70. The van der Waals surface area contributed by atoms with Crippen molar-refractivity contribution in [2.75, 3.05) is 0 Å². The highest BCUT2D eigenvalue weighted by Crippen LogP contribution is 2.46. The lowest BCUT2D eigenvalue weighted by molar-refractivity contribution is -0.172. The summed E-state index contributed by atoms with van der Waals surface area (Å²) < 4.78 is 27.8. The molecule has 222 valence electrons. The number of cyclic esters (lactones) is 1. The van der Waals surface area contributed by atoms with Crippen LogP contribution in [0.5, 0.6) is 0 Å². The van der Waals surface area contributed by atoms with Gasteiger partial charge in [0, 0.05) is 22.6 Å². The normalized spacial score (nSPS) is 20.8. The lowest BCUT2D eigenvalue weighted by Gasteiger charge is -2.32. The molecule has 2 aliphatic heterocycles. The Balaban J connectivity index is 1.52. The maximum atomic E-state index is 15.1. The van der Waals surface area contributed by atoms with E-state index in [0.717, 1.165) is 22.1 Å². The summed E-state index contributed by atoms with van der Waals surface area (Å²) in [5.41, 5.74) is 1.81. The lowest BCUT2D eigenvalue weighted by atomic mass is 9.81. The average molecular weight is 578 g/mol. The number of pyridine rings is 2. The Morgan fingerprint density at radius 3 is 2.71 bits per heavy atom. The number of carbonyl (C=O) groups excluding carboxylic acids is 2. The van der Waals surface area contributed by atoms with Crippen molar-refractivity contribution in [3.05, 3.63) is 61.7 Å². The van der Waals surface area contributed by atoms with Crippen molar-refractivity contribution in [2.24, 2.45) is 0 Å². The molecule has 0 fully saturated rings. The smallest absolute Gasteiger partial charge is 0.343 e. The van der Waals surface area contributed by atoms with E-state index in [0.29, 0.717) is 35.3 Å². The SMILES string of the molecule is CC[C@@]1(O)C(=O)OCc2c1cc1n(c2=O)Cc2c-1nc1cc(F)c(C)c3c1c2[C@@H](NC(=O)CC(C)(C)OC(C)C)CC3. The summed E-state index contributed by atoms with van der Waals surface area (Å²) in [7, 11) is 0. The van der Waals surface area contributed by atoms with Crippen molar-refractivity contribution >= 4 is 22.8 Å². The van der Waals surface area contributed by atoms with Crippen molar-refractivity contribution < 1.29 is 28.6 Å². The number of carbonyl (C=O) groups is 2. The van der Waals surface area contributed by atoms with E-state index in [2.05, 4.69) is 5.32 Å². The van der Waals surface area contributed by atoms with Crippen LogP contribution in [0.3, 0.4) is 0 Å². The summed E-state index contributed by atoms with van der Waals surface area (Å²) in [5.74, 6) is -1.33. The van der Waals surface area contributed by atoms with Gasteiger partial charge in [0.2, 0.25) is 5.91 Å². The third-order valence-electron chi connectivity index (χ3n) is 8.85. The molecule has 6 rings (SSSR count). The zero-order valence-corrected chi connectivity index (χ0v) is 24.8. The Hall–Kier alpha value is -3.63. The predicted octanol–water partition coefficient (Wildman–Crippen LogP) is 4.22. The molecule has 3 aliphatic rings. The molecular formula is C32H36FN3O6. The molecule has 3 aromatic rings. The van der Waals surface area contributed by atoms with Crippen LogP contribution in [0, 0.1) is 12.7 Å². The monoisotopic (exact) mass is 577 g/mol. The van der Waals surface area contributed by atoms with Crippen LogP contribution >= 0.6 is 0 Å². The second-order valence-corrected chi connectivity index (χ2v) is 12.6. The Morgan fingerprint density at radius 2 is 2.02 bits per heavy atom. The first kappa shape index (κ1) is 28.5. The Labute approximate surface area is 243 Å². The molecule has 0 bridgehead atoms. The molecule has 1 aromatic carbocycles. The van der Waals surface area contributed by atoms with Gasteiger partial charge < -0.3 is 24.5 Å². The summed E-state index contributed by atoms with van der Waals surface area (Å²) in [6, 6.07) is 2.66. The van der Waals surface area contributed by atoms with Crippen LogP contribution in [0.25, 0.3) is 22.3 Å². The van der Waals surface area contributed by atoms with E-state index >= 15 is 4.39 Å². The molecule has 0 spiro atoms. The Kier molecular flexibility index (Phi) is 6.58. The topological polar surface area (TPSA) is 120 Å². The van der Waals surface area contributed by atoms with Gasteiger partial charge in [0.1, 0.15) is 12.4 Å². The first-order valence-electron chi connectivity index (χ1n) is 14.5. The molecule has 42 heavy (non-hydrogen) atoms. The number of aromatic nitrogens is 2. The highest BCUT2D eigenvalue weighted by molar-refractivity contribution is 5.94. The van der Waals surface area contributed by atoms with Gasteiger partial charge >= 0.3 is 5.97 Å². The van der Waals surface area contributed by atoms with Gasteiger partial charge in [-0.25, -0.2) is 14.2 Å². The standard InChI is InChI=1S/C32H36FN3O6/c1-7-32(40)20-10-24-28-18(13-36(24)29(38)19(20)14-41-30(32)39)27-22(34-25(37)12-31(5,6)42-15(2)3)9-8-17-16(4)21(33)11-23(35-28)26(17)27/h10-11,15,22,40H,7-9,12-14H2,1-6H3,(H,34,37)/t22-,32-/m0/s1. The molecule has 9 nitrogen and oxygen atoms in total. The summed E-state index contributed by atoms with van der Waals surface area (Å²) >= 11 is 0. The van der Waals surface area contributed by atoms with Gasteiger partial charge in [-0.05, 0) is 76.6 Å². The second-order valence-electron chi connectivity index (χ2n) is 12.6. The molecule has 0 radical (unpaired) electrons. The molecule has 0 saturated heterocycles. The van der Waals surface area contributed by atoms with E-state index in [9.17, 15) is 19.5 Å². The van der Waals surface area contributed by atoms with E-state index in [1.807, 2.05) is 27.7 Å². The number of nitrogens with one attached hydrogen (secondary N) is 1. The number of halogens is 1. The van der Waals surface area contributed by atoms with E-state index in [-0.39, 0.29) is 66.5 Å². The number of hydrogen-bond donors (Lipinski definition) is 2. The number of benzene rings is 1. The van der Waals surface area contributed by atoms with E-state index in [1.165, 1.54) is 6.07 Å². The number of ether oxygens (including phenoxy) is 2. The van der Waals surface area contributed by atoms with Crippen molar-refractivity contribution in [1.29, 1.82) is 0 Å². The van der Waals surface area contributed by atoms with Crippen molar-refractivity contribution in [1.82, 2.24) is 14.9 Å². The van der Waals surface area contributed by atoms with Gasteiger partial charge in [-0.1, -0.05) is 6.92 Å². The van der Waals surface area contributed by atoms with Crippen molar-refractivity contribution in [3.63, 3.8) is 0 Å². The molecule has 2 atom stereocenters. The molecule has 0 unspecified atom stereocenters. The summed E-state index contributed by atoms with van der Waals surface area (Å²) in [6.45, 7) is 11.0. The number of rotatable bonds is 6. The van der Waals surface area contributed by atoms with Crippen molar-refractivity contribution in [2.45, 2.75) is 104 Å². The van der Waals surface area contributed by atoms with Crippen molar-refractivity contribution in [3.8, 4) is 11.4 Å². The number of nitrogens with zero attached hydrogens (tertiary/aromatic N) is 2. The molecule has 4 heterocycles. The molecule has 0 saturated carbocycles. The Morgan fingerprint density at radius 1 is 1.29 bits per heavy atom. The molecule has 2 N–H and O–H groups in total. The van der Waals surface area contributed by atoms with Crippen LogP contribution in [0.1, 0.15) is 93.3 Å². The molecular weight excluding hydrogens is 541 g/mol. The third-order valence-corrected chi connectivity index (χ3v) is 8.85. The van der Waals surface area contributed by atoms with Crippen LogP contribution in [-0.2, 0) is 44.2 Å². The number of aliphatic hydroxyl groups is 1. The number of aryl methyl sites for hydroxylation is 1. The van der Waals surface area contributed by atoms with Gasteiger partial charge in [0.15, 0.2) is 5.60 Å². The number of fused-ring (bicyclic) bond motifs is 5. The zero-order chi connectivity index (χ0) is 30.3. The first-order chi connectivity index (χ1) is 19.8. The number of amides is 1. The highest BCUT2D eigenvalue weighted by Gasteiger charge is 2.46. The fourth-order valence-electron chi connectivity index (χ4n) is 7.01. The summed E-state index contributed by atoms with van der Waals surface area (Å²) in [6.07, 6.45) is 1.27. The molecule has 10 heteroatoms. The molecule has 1 aliphatic carbocycles. The summed E-state index contributed by atoms with van der Waals surface area (Å²) in [4.78, 5) is 44.5. The first-order valence-corrected chi connectivity index (χ1v) is 14.5. The largest absolute Gasteiger partial charge is 0.458 e. The van der Waals surface area contributed by atoms with E-state index < -0.39 is 17.2 Å². The maximum absolute atomic E-state index is 15.1. The number of hydrogen-bond acceptors (Lipinski definition) is 7. The Bertz CT molecular complexity index is 1740. The minimum Gasteiger partial charge on any atom is -0.458 e. The predicted molar refractivity (Wildman–Crippen MR) is 153 cm³/mol. The maximum Gasteiger partial charge on any atom is 0.343 e. The van der Waals surface area contributed by atoms with Gasteiger partial charge in [0.25, 0.3) is 5.56 Å². The third kappa shape index (κ3) is 4.26. The minimum atomic E-state index is -1.95. The zero-order valence-electron chi connectivity index (χ0n) is 24.8. The van der Waals surface area contributed by atoms with Gasteiger partial charge in [0.05, 0.1) is 53.2 Å². The average Bonchev–Trinajstić information content (AvgIpc) is 3.27. The van der Waals surface area contributed by atoms with Crippen LogP contribution in [0.4, 0.5) is 4.39 Å². The quantitative estimate of drug-likeness (QED) is 0.329.